The van der Waals surface area contributed by atoms with E-state index in [-0.39, 0.29) is 0 Å². The Kier molecular flexibility index (Phi) is 2.05. The Bertz CT molecular complexity index is 217. The van der Waals surface area contributed by atoms with Gasteiger partial charge in [-0.25, -0.2) is 4.98 Å². The molecule has 0 bridgehead atoms. The summed E-state index contributed by atoms with van der Waals surface area (Å²) in [5.41, 5.74) is 0. The summed E-state index contributed by atoms with van der Waals surface area (Å²) in [4.78, 5) is 13.2. The lowest BCUT2D eigenvalue weighted by Crippen LogP contribution is -2.38. The van der Waals surface area contributed by atoms with Gasteiger partial charge in [-0.2, -0.15) is 0 Å². The van der Waals surface area contributed by atoms with E-state index in [9.17, 15) is 0 Å². The van der Waals surface area contributed by atoms with E-state index in [2.05, 4.69) is 9.97 Å². The van der Waals surface area contributed by atoms with Gasteiger partial charge in [0.25, 0.3) is 5.88 Å². The van der Waals surface area contributed by atoms with Crippen molar-refractivity contribution >= 4 is 0 Å². The molecular formula is C7H12N3O+. The van der Waals surface area contributed by atoms with Crippen LogP contribution in [0.5, 0.6) is 5.88 Å². The minimum absolute atomic E-state index is 0.388. The fourth-order valence-corrected chi connectivity index (χ4v) is 0.613. The molecule has 60 valence electrons. The molecule has 0 radical (unpaired) electrons. The van der Waals surface area contributed by atoms with Crippen molar-refractivity contribution in [1.29, 1.82) is 0 Å². The van der Waals surface area contributed by atoms with Crippen LogP contribution in [0, 0.1) is 0 Å². The molecule has 1 aromatic heterocycles. The van der Waals surface area contributed by atoms with Gasteiger partial charge in [-0.1, -0.05) is 0 Å². The summed E-state index contributed by atoms with van der Waals surface area (Å²) in [5, 5.41) is 0. The lowest BCUT2D eigenvalue weighted by molar-refractivity contribution is -1.03. The number of quaternary nitrogens is 1. The smallest absolute Gasteiger partial charge is 0.294 e. The van der Waals surface area contributed by atoms with Crippen LogP contribution in [0.4, 0.5) is 0 Å². The molecular weight excluding hydrogens is 142 g/mol. The van der Waals surface area contributed by atoms with E-state index in [1.54, 1.807) is 18.6 Å². The van der Waals surface area contributed by atoms with Crippen LogP contribution in [0.15, 0.2) is 18.6 Å². The first-order valence-corrected chi connectivity index (χ1v) is 3.35. The molecule has 0 atom stereocenters. The standard InChI is InChI=1S/C7H12N3O/c1-10(2,3)11-7-6-8-4-5-9-7/h4-6H,1-3H3/q+1. The molecule has 0 spiro atoms. The van der Waals surface area contributed by atoms with Crippen LogP contribution in [0.1, 0.15) is 0 Å². The van der Waals surface area contributed by atoms with Gasteiger partial charge in [0.2, 0.25) is 0 Å². The highest BCUT2D eigenvalue weighted by molar-refractivity contribution is 4.99. The summed E-state index contributed by atoms with van der Waals surface area (Å²) in [6, 6.07) is 0. The Hall–Kier alpha value is -1.16. The van der Waals surface area contributed by atoms with Crippen molar-refractivity contribution in [3.8, 4) is 5.88 Å². The number of rotatable bonds is 2. The third kappa shape index (κ3) is 2.95. The van der Waals surface area contributed by atoms with E-state index in [1.807, 2.05) is 21.1 Å². The van der Waals surface area contributed by atoms with Gasteiger partial charge in [-0.15, -0.1) is 4.65 Å². The molecule has 0 aromatic carbocycles. The Morgan fingerprint density at radius 2 is 2.00 bits per heavy atom. The van der Waals surface area contributed by atoms with E-state index in [0.717, 1.165) is 0 Å². The van der Waals surface area contributed by atoms with Crippen LogP contribution in [-0.4, -0.2) is 35.8 Å². The van der Waals surface area contributed by atoms with Gasteiger partial charge in [-0.3, -0.25) is 9.82 Å². The van der Waals surface area contributed by atoms with E-state index < -0.39 is 0 Å². The third-order valence-electron chi connectivity index (χ3n) is 0.907. The summed E-state index contributed by atoms with van der Waals surface area (Å²) < 4.78 is 0.388. The quantitative estimate of drug-likeness (QED) is 0.459. The van der Waals surface area contributed by atoms with Crippen molar-refractivity contribution in [2.75, 3.05) is 21.1 Å². The summed E-state index contributed by atoms with van der Waals surface area (Å²) in [6.07, 6.45) is 4.80. The average molecular weight is 154 g/mol. The lowest BCUT2D eigenvalue weighted by Gasteiger charge is -2.20. The molecule has 0 amide bonds. The van der Waals surface area contributed by atoms with Crippen LogP contribution in [0.25, 0.3) is 0 Å². The first-order valence-electron chi connectivity index (χ1n) is 3.35. The summed E-state index contributed by atoms with van der Waals surface area (Å²) in [6.45, 7) is 0. The number of hydrogen-bond donors (Lipinski definition) is 0. The Balaban J connectivity index is 2.66. The van der Waals surface area contributed by atoms with Crippen LogP contribution in [-0.2, 0) is 0 Å². The zero-order valence-corrected chi connectivity index (χ0v) is 6.98. The Morgan fingerprint density at radius 1 is 1.27 bits per heavy atom. The van der Waals surface area contributed by atoms with E-state index in [1.165, 1.54) is 0 Å². The molecule has 0 N–H and O–H groups in total. The maximum absolute atomic E-state index is 5.37. The van der Waals surface area contributed by atoms with Gasteiger partial charge >= 0.3 is 0 Å². The highest BCUT2D eigenvalue weighted by atomic mass is 16.7. The largest absolute Gasteiger partial charge is 0.299 e. The van der Waals surface area contributed by atoms with Crippen molar-refractivity contribution in [3.05, 3.63) is 18.6 Å². The van der Waals surface area contributed by atoms with E-state index in [0.29, 0.717) is 10.5 Å². The van der Waals surface area contributed by atoms with Crippen LogP contribution in [0.3, 0.4) is 0 Å². The lowest BCUT2D eigenvalue weighted by atomic mass is 10.7. The second-order valence-electron chi connectivity index (χ2n) is 3.02. The Labute approximate surface area is 66.0 Å². The zero-order valence-electron chi connectivity index (χ0n) is 6.98. The Morgan fingerprint density at radius 3 is 2.45 bits per heavy atom. The number of aromatic nitrogens is 2. The maximum atomic E-state index is 5.37. The highest BCUT2D eigenvalue weighted by Gasteiger charge is 2.09. The van der Waals surface area contributed by atoms with Gasteiger partial charge < -0.3 is 0 Å². The van der Waals surface area contributed by atoms with Gasteiger partial charge in [0.15, 0.2) is 0 Å². The molecule has 0 aliphatic heterocycles. The minimum atomic E-state index is 0.388. The van der Waals surface area contributed by atoms with Crippen molar-refractivity contribution in [2.24, 2.45) is 0 Å². The van der Waals surface area contributed by atoms with E-state index in [4.69, 9.17) is 4.84 Å². The van der Waals surface area contributed by atoms with Crippen LogP contribution < -0.4 is 4.84 Å². The molecule has 4 nitrogen and oxygen atoms in total. The van der Waals surface area contributed by atoms with Gasteiger partial charge in [0.05, 0.1) is 6.20 Å². The van der Waals surface area contributed by atoms with Crippen molar-refractivity contribution in [1.82, 2.24) is 9.97 Å². The summed E-state index contributed by atoms with van der Waals surface area (Å²) in [7, 11) is 5.73. The number of nitrogens with zero attached hydrogens (tertiary/aromatic N) is 3. The third-order valence-corrected chi connectivity index (χ3v) is 0.907. The summed E-state index contributed by atoms with van der Waals surface area (Å²) >= 11 is 0. The maximum Gasteiger partial charge on any atom is 0.299 e. The number of hydrogen-bond acceptors (Lipinski definition) is 3. The molecule has 1 aromatic rings. The summed E-state index contributed by atoms with van der Waals surface area (Å²) in [5.74, 6) is 0.542. The minimum Gasteiger partial charge on any atom is -0.294 e. The normalized spacial score (nSPS) is 11.2. The fraction of sp³-hybridized carbons (Fsp3) is 0.429. The van der Waals surface area contributed by atoms with Crippen LogP contribution >= 0.6 is 0 Å². The van der Waals surface area contributed by atoms with Crippen LogP contribution in [0.2, 0.25) is 0 Å². The van der Waals surface area contributed by atoms with Crippen molar-refractivity contribution in [3.63, 3.8) is 0 Å². The molecule has 4 heteroatoms. The second kappa shape index (κ2) is 2.84. The number of hydroxylamine groups is 3. The molecule has 1 rings (SSSR count). The molecule has 0 saturated heterocycles. The van der Waals surface area contributed by atoms with Gasteiger partial charge in [0, 0.05) is 12.4 Å². The predicted molar refractivity (Wildman–Crippen MR) is 40.7 cm³/mol. The molecule has 0 aliphatic carbocycles. The molecule has 11 heavy (non-hydrogen) atoms. The predicted octanol–water partition coefficient (Wildman–Crippen LogP) is 0.477. The first-order chi connectivity index (χ1) is 5.08. The molecule has 0 saturated carbocycles. The molecule has 1 heterocycles. The average Bonchev–Trinajstić information content (AvgIpc) is 1.85. The molecule has 0 fully saturated rings. The zero-order chi connectivity index (χ0) is 8.32. The van der Waals surface area contributed by atoms with Gasteiger partial charge in [-0.05, 0) is 0 Å². The first kappa shape index (κ1) is 7.94. The molecule has 0 unspecified atom stereocenters. The SMILES string of the molecule is C[N+](C)(C)Oc1cnccn1. The van der Waals surface area contributed by atoms with E-state index >= 15 is 0 Å². The topological polar surface area (TPSA) is 35.0 Å². The van der Waals surface area contributed by atoms with Crippen molar-refractivity contribution in [2.45, 2.75) is 0 Å². The fourth-order valence-electron chi connectivity index (χ4n) is 0.613. The van der Waals surface area contributed by atoms with Crippen molar-refractivity contribution < 1.29 is 9.48 Å². The van der Waals surface area contributed by atoms with Gasteiger partial charge in [0.1, 0.15) is 21.1 Å². The highest BCUT2D eigenvalue weighted by Crippen LogP contribution is 2.04. The molecule has 0 aliphatic rings. The second-order valence-corrected chi connectivity index (χ2v) is 3.02. The monoisotopic (exact) mass is 154 g/mol.